The quantitative estimate of drug-likeness (QED) is 0.319. The molecule has 0 radical (unpaired) electrons. The minimum atomic E-state index is -4.87. The Hall–Kier alpha value is 0.382. The molecule has 0 fully saturated rings. The topological polar surface area (TPSA) is 0 Å². The predicted octanol–water partition coefficient (Wildman–Crippen LogP) is -1.19. The summed E-state index contributed by atoms with van der Waals surface area (Å²) in [5, 5.41) is 0. The fourth-order valence-corrected chi connectivity index (χ4v) is 0.124. The van der Waals surface area contributed by atoms with Crippen LogP contribution in [0.25, 0.3) is 0 Å². The van der Waals surface area contributed by atoms with E-state index in [1.54, 1.807) is 0 Å². The summed E-state index contributed by atoms with van der Waals surface area (Å²) in [7, 11) is 0. The molecule has 44 valence electrons. The molecule has 0 unspecified atom stereocenters. The van der Waals surface area contributed by atoms with Crippen molar-refractivity contribution < 1.29 is 36.2 Å². The van der Waals surface area contributed by atoms with E-state index in [0.717, 1.165) is 0 Å². The van der Waals surface area contributed by atoms with Crippen LogP contribution < -0.4 is 18.9 Å². The summed E-state index contributed by atoms with van der Waals surface area (Å²) in [6.45, 7) is -6.16. The van der Waals surface area contributed by atoms with Crippen LogP contribution in [0.1, 0.15) is 0 Å². The van der Waals surface area contributed by atoms with Gasteiger partial charge in [0, 0.05) is 0 Å². The minimum Gasteiger partial charge on any atom is -0.449 e. The van der Waals surface area contributed by atoms with E-state index >= 15 is 0 Å². The first-order valence-electron chi connectivity index (χ1n) is 1.83. The third kappa shape index (κ3) is 9.63. The van der Waals surface area contributed by atoms with Gasteiger partial charge in [0.25, 0.3) is 0 Å². The van der Waals surface area contributed by atoms with Crippen molar-refractivity contribution in [2.75, 3.05) is 6.67 Å². The zero-order chi connectivity index (χ0) is 5.91. The maximum absolute atomic E-state index is 10.9. The second kappa shape index (κ2) is 4.28. The number of alkyl halides is 1. The molecule has 0 aromatic rings. The predicted molar refractivity (Wildman–Crippen MR) is 19.9 cm³/mol. The number of halogens is 4. The van der Waals surface area contributed by atoms with Crippen LogP contribution in [0.5, 0.6) is 0 Å². The Morgan fingerprint density at radius 3 is 1.50 bits per heavy atom. The van der Waals surface area contributed by atoms with Crippen molar-refractivity contribution in [2.45, 2.75) is 6.32 Å². The summed E-state index contributed by atoms with van der Waals surface area (Å²) < 4.78 is 43.4. The van der Waals surface area contributed by atoms with Crippen LogP contribution in [-0.2, 0) is 0 Å². The molecule has 0 aliphatic rings. The minimum absolute atomic E-state index is 0. The Bertz CT molecular complexity index is 52.5. The normalized spacial score (nSPS) is 10.5. The molecule has 0 spiro atoms. The molecular formula is C2H4BF4Li. The average Bonchev–Trinajstić information content (AvgIpc) is 1.30. The Morgan fingerprint density at radius 2 is 1.50 bits per heavy atom. The van der Waals surface area contributed by atoms with Gasteiger partial charge in [0.15, 0.2) is 0 Å². The van der Waals surface area contributed by atoms with Crippen LogP contribution in [0.2, 0.25) is 6.32 Å². The van der Waals surface area contributed by atoms with Gasteiger partial charge in [0.1, 0.15) is 0 Å². The SMILES string of the molecule is FCC[B-](F)(F)F.[Li+]. The third-order valence-electron chi connectivity index (χ3n) is 0.436. The molecular weight excluding hydrogens is 118 g/mol. The van der Waals surface area contributed by atoms with Gasteiger partial charge in [-0.2, -0.15) is 0 Å². The molecule has 0 aliphatic carbocycles. The summed E-state index contributed by atoms with van der Waals surface area (Å²) in [4.78, 5) is 0. The van der Waals surface area contributed by atoms with E-state index in [1.165, 1.54) is 0 Å². The van der Waals surface area contributed by atoms with Gasteiger partial charge in [0.2, 0.25) is 0 Å². The Labute approximate surface area is 56.9 Å². The molecule has 0 N–H and O–H groups in total. The van der Waals surface area contributed by atoms with Crippen molar-refractivity contribution in [3.8, 4) is 0 Å². The van der Waals surface area contributed by atoms with Gasteiger partial charge >= 0.3 is 25.8 Å². The first-order chi connectivity index (χ1) is 3.06. The number of rotatable bonds is 2. The molecule has 0 amide bonds. The average molecular weight is 122 g/mol. The first-order valence-corrected chi connectivity index (χ1v) is 1.83. The monoisotopic (exact) mass is 122 g/mol. The molecule has 0 rings (SSSR count). The molecule has 8 heavy (non-hydrogen) atoms. The van der Waals surface area contributed by atoms with Gasteiger partial charge in [-0.3, -0.25) is 4.39 Å². The van der Waals surface area contributed by atoms with Gasteiger partial charge in [0.05, 0.1) is 6.67 Å². The van der Waals surface area contributed by atoms with Crippen LogP contribution in [0.3, 0.4) is 0 Å². The molecule has 0 aromatic heterocycles. The van der Waals surface area contributed by atoms with E-state index in [4.69, 9.17) is 0 Å². The molecule has 0 bridgehead atoms. The first kappa shape index (κ1) is 11.2. The Kier molecular flexibility index (Phi) is 6.00. The fraction of sp³-hybridized carbons (Fsp3) is 1.00. The van der Waals surface area contributed by atoms with Gasteiger partial charge in [-0.05, 0) is 0 Å². The molecule has 6 heteroatoms. The summed E-state index contributed by atoms with van der Waals surface area (Å²) in [6, 6.07) is 0. The van der Waals surface area contributed by atoms with Crippen molar-refractivity contribution in [1.82, 2.24) is 0 Å². The molecule has 0 aromatic carbocycles. The third-order valence-corrected chi connectivity index (χ3v) is 0.436. The van der Waals surface area contributed by atoms with E-state index in [9.17, 15) is 17.3 Å². The maximum atomic E-state index is 10.9. The van der Waals surface area contributed by atoms with Crippen LogP contribution >= 0.6 is 0 Å². The second-order valence-corrected chi connectivity index (χ2v) is 1.19. The molecule has 0 saturated heterocycles. The van der Waals surface area contributed by atoms with Gasteiger partial charge in [-0.25, -0.2) is 0 Å². The van der Waals surface area contributed by atoms with E-state index in [0.29, 0.717) is 0 Å². The molecule has 0 saturated carbocycles. The van der Waals surface area contributed by atoms with Crippen LogP contribution in [-0.4, -0.2) is 13.7 Å². The van der Waals surface area contributed by atoms with Crippen LogP contribution in [0.15, 0.2) is 0 Å². The Morgan fingerprint density at radius 1 is 1.12 bits per heavy atom. The van der Waals surface area contributed by atoms with Gasteiger partial charge in [-0.15, -0.1) is 0 Å². The summed E-state index contributed by atoms with van der Waals surface area (Å²) in [5.41, 5.74) is 0. The number of hydrogen-bond donors (Lipinski definition) is 0. The second-order valence-electron chi connectivity index (χ2n) is 1.19. The molecule has 0 nitrogen and oxygen atoms in total. The van der Waals surface area contributed by atoms with Crippen molar-refractivity contribution in [2.24, 2.45) is 0 Å². The van der Waals surface area contributed by atoms with Crippen molar-refractivity contribution in [1.29, 1.82) is 0 Å². The Balaban J connectivity index is 0. The van der Waals surface area contributed by atoms with Crippen LogP contribution in [0.4, 0.5) is 17.3 Å². The number of hydrogen-bond acceptors (Lipinski definition) is 0. The van der Waals surface area contributed by atoms with E-state index in [2.05, 4.69) is 0 Å². The van der Waals surface area contributed by atoms with Gasteiger partial charge in [-0.1, -0.05) is 6.32 Å². The van der Waals surface area contributed by atoms with Crippen LogP contribution in [0, 0.1) is 0 Å². The zero-order valence-corrected chi connectivity index (χ0v) is 4.50. The largest absolute Gasteiger partial charge is 1.00 e. The summed E-state index contributed by atoms with van der Waals surface area (Å²) >= 11 is 0. The maximum Gasteiger partial charge on any atom is 1.00 e. The van der Waals surface area contributed by atoms with Crippen molar-refractivity contribution in [3.05, 3.63) is 0 Å². The smallest absolute Gasteiger partial charge is 0.449 e. The molecule has 0 heterocycles. The zero-order valence-electron chi connectivity index (χ0n) is 4.50. The fourth-order valence-electron chi connectivity index (χ4n) is 0.124. The van der Waals surface area contributed by atoms with E-state index in [-0.39, 0.29) is 18.9 Å². The summed E-state index contributed by atoms with van der Waals surface area (Å²) in [5.74, 6) is 0. The van der Waals surface area contributed by atoms with Crippen molar-refractivity contribution in [3.63, 3.8) is 0 Å². The van der Waals surface area contributed by atoms with E-state index < -0.39 is 20.0 Å². The van der Waals surface area contributed by atoms with Gasteiger partial charge < -0.3 is 12.9 Å². The van der Waals surface area contributed by atoms with E-state index in [1.807, 2.05) is 0 Å². The molecule has 0 aliphatic heterocycles. The molecule has 0 atom stereocenters. The summed E-state index contributed by atoms with van der Waals surface area (Å²) in [6.07, 6.45) is -1.26. The van der Waals surface area contributed by atoms with Crippen molar-refractivity contribution >= 4 is 6.98 Å². The standard InChI is InChI=1S/C2H4BF4.Li/c4-2-1-3(5,6)7;/h1-2H2;/q-1;+1.